The van der Waals surface area contributed by atoms with Crippen LogP contribution in [0.1, 0.15) is 66.7 Å². The predicted molar refractivity (Wildman–Crippen MR) is 103 cm³/mol. The molecule has 0 amide bonds. The minimum atomic E-state index is 0.232. The minimum absolute atomic E-state index is 0.232. The van der Waals surface area contributed by atoms with Crippen LogP contribution in [0.4, 0.5) is 0 Å². The number of rotatable bonds is 7. The van der Waals surface area contributed by atoms with Gasteiger partial charge < -0.3 is 4.90 Å². The summed E-state index contributed by atoms with van der Waals surface area (Å²) in [5, 5.41) is 0. The monoisotopic (exact) mass is 315 g/mol. The molecule has 2 aliphatic carbocycles. The van der Waals surface area contributed by atoms with Gasteiger partial charge in [0.1, 0.15) is 0 Å². The maximum Gasteiger partial charge on any atom is 0.0136 e. The summed E-state index contributed by atoms with van der Waals surface area (Å²) in [5.41, 5.74) is 3.55. The van der Waals surface area contributed by atoms with E-state index < -0.39 is 0 Å². The van der Waals surface area contributed by atoms with Crippen molar-refractivity contribution in [3.05, 3.63) is 36.0 Å². The van der Waals surface area contributed by atoms with E-state index in [0.717, 1.165) is 18.4 Å². The minimum Gasteiger partial charge on any atom is -0.303 e. The Morgan fingerprint density at radius 1 is 1.26 bits per heavy atom. The summed E-state index contributed by atoms with van der Waals surface area (Å²) in [6.07, 6.45) is 13.1. The third-order valence-electron chi connectivity index (χ3n) is 6.36. The molecule has 0 aliphatic heterocycles. The smallest absolute Gasteiger partial charge is 0.0136 e. The lowest BCUT2D eigenvalue weighted by Gasteiger charge is -2.46. The van der Waals surface area contributed by atoms with Gasteiger partial charge in [0.25, 0.3) is 0 Å². The molecule has 2 rings (SSSR count). The zero-order valence-corrected chi connectivity index (χ0v) is 16.3. The van der Waals surface area contributed by atoms with Gasteiger partial charge in [-0.2, -0.15) is 0 Å². The lowest BCUT2D eigenvalue weighted by atomic mass is 9.62. The van der Waals surface area contributed by atoms with E-state index in [9.17, 15) is 0 Å². The van der Waals surface area contributed by atoms with E-state index in [0.29, 0.717) is 5.41 Å². The van der Waals surface area contributed by atoms with E-state index in [1.165, 1.54) is 43.4 Å². The van der Waals surface area contributed by atoms with E-state index in [-0.39, 0.29) is 5.41 Å². The van der Waals surface area contributed by atoms with Crippen molar-refractivity contribution in [2.45, 2.75) is 72.8 Å². The van der Waals surface area contributed by atoms with Gasteiger partial charge in [-0.25, -0.2) is 0 Å². The number of hydrogen-bond acceptors (Lipinski definition) is 1. The summed E-state index contributed by atoms with van der Waals surface area (Å²) in [7, 11) is 2.33. The zero-order valence-electron chi connectivity index (χ0n) is 16.3. The van der Waals surface area contributed by atoms with Crippen LogP contribution in [-0.4, -0.2) is 24.5 Å². The van der Waals surface area contributed by atoms with Gasteiger partial charge in [0.2, 0.25) is 0 Å². The van der Waals surface area contributed by atoms with Crippen LogP contribution in [0.3, 0.4) is 0 Å². The molecule has 0 aromatic rings. The normalized spacial score (nSPS) is 31.7. The maximum absolute atomic E-state index is 4.25. The zero-order chi connectivity index (χ0) is 17.3. The molecule has 0 spiro atoms. The molecule has 2 atom stereocenters. The Bertz CT molecular complexity index is 492. The lowest BCUT2D eigenvalue weighted by Crippen LogP contribution is -2.45. The second-order valence-corrected chi connectivity index (χ2v) is 8.62. The summed E-state index contributed by atoms with van der Waals surface area (Å²) in [6.45, 7) is 17.2. The molecular weight excluding hydrogens is 278 g/mol. The van der Waals surface area contributed by atoms with Gasteiger partial charge in [-0.15, -0.1) is 0 Å². The van der Waals surface area contributed by atoms with E-state index in [4.69, 9.17) is 0 Å². The van der Waals surface area contributed by atoms with Crippen molar-refractivity contribution in [1.29, 1.82) is 0 Å². The molecule has 23 heavy (non-hydrogen) atoms. The van der Waals surface area contributed by atoms with Crippen LogP contribution in [0.5, 0.6) is 0 Å². The number of nitrogens with zero attached hydrogens (tertiary/aromatic N) is 1. The summed E-state index contributed by atoms with van der Waals surface area (Å²) >= 11 is 0. The maximum atomic E-state index is 4.25. The van der Waals surface area contributed by atoms with Gasteiger partial charge in [0.05, 0.1) is 0 Å². The summed E-state index contributed by atoms with van der Waals surface area (Å²) in [6, 6.07) is 0.816. The SMILES string of the molecule is C=C/C(=C(\C=C\C)CC)C1(CN(C)C2CC2)CC(C)CC1(C)C. The van der Waals surface area contributed by atoms with Crippen LogP contribution in [0.2, 0.25) is 0 Å². The van der Waals surface area contributed by atoms with E-state index in [2.05, 4.69) is 71.4 Å². The second-order valence-electron chi connectivity index (χ2n) is 8.62. The van der Waals surface area contributed by atoms with E-state index in [1.54, 1.807) is 0 Å². The average Bonchev–Trinajstić information content (AvgIpc) is 3.27. The highest BCUT2D eigenvalue weighted by atomic mass is 15.2. The number of hydrogen-bond donors (Lipinski definition) is 0. The largest absolute Gasteiger partial charge is 0.303 e. The molecule has 2 fully saturated rings. The molecule has 0 aromatic heterocycles. The first kappa shape index (κ1) is 18.5. The van der Waals surface area contributed by atoms with Crippen LogP contribution < -0.4 is 0 Å². The molecule has 1 nitrogen and oxygen atoms in total. The molecule has 2 unspecified atom stereocenters. The third-order valence-corrected chi connectivity index (χ3v) is 6.36. The first-order valence-corrected chi connectivity index (χ1v) is 9.50. The fourth-order valence-corrected chi connectivity index (χ4v) is 5.15. The first-order valence-electron chi connectivity index (χ1n) is 9.50. The van der Waals surface area contributed by atoms with Gasteiger partial charge in [0, 0.05) is 18.0 Å². The summed E-state index contributed by atoms with van der Waals surface area (Å²) < 4.78 is 0. The Morgan fingerprint density at radius 2 is 1.91 bits per heavy atom. The van der Waals surface area contributed by atoms with Crippen molar-refractivity contribution in [2.75, 3.05) is 13.6 Å². The van der Waals surface area contributed by atoms with Gasteiger partial charge in [-0.05, 0) is 68.6 Å². The fourth-order valence-electron chi connectivity index (χ4n) is 5.15. The van der Waals surface area contributed by atoms with Crippen LogP contribution in [-0.2, 0) is 0 Å². The highest BCUT2D eigenvalue weighted by molar-refractivity contribution is 5.40. The molecule has 0 radical (unpaired) electrons. The average molecular weight is 316 g/mol. The molecule has 0 N–H and O–H groups in total. The van der Waals surface area contributed by atoms with Crippen molar-refractivity contribution in [3.63, 3.8) is 0 Å². The van der Waals surface area contributed by atoms with Gasteiger partial charge in [-0.1, -0.05) is 52.5 Å². The Kier molecular flexibility index (Phi) is 5.61. The second kappa shape index (κ2) is 6.97. The van der Waals surface area contributed by atoms with Crippen molar-refractivity contribution < 1.29 is 0 Å². The molecule has 0 heterocycles. The molecule has 0 aromatic carbocycles. The highest BCUT2D eigenvalue weighted by Crippen LogP contribution is 2.60. The molecule has 0 saturated heterocycles. The van der Waals surface area contributed by atoms with Gasteiger partial charge >= 0.3 is 0 Å². The summed E-state index contributed by atoms with van der Waals surface area (Å²) in [4.78, 5) is 2.63. The van der Waals surface area contributed by atoms with E-state index in [1.807, 2.05) is 0 Å². The van der Waals surface area contributed by atoms with Crippen molar-refractivity contribution in [2.24, 2.45) is 16.7 Å². The molecule has 2 aliphatic rings. The van der Waals surface area contributed by atoms with Gasteiger partial charge in [-0.3, -0.25) is 0 Å². The van der Waals surface area contributed by atoms with Crippen LogP contribution in [0, 0.1) is 16.7 Å². The third kappa shape index (κ3) is 3.50. The van der Waals surface area contributed by atoms with Crippen LogP contribution >= 0.6 is 0 Å². The molecule has 1 heteroatoms. The molecule has 0 bridgehead atoms. The Morgan fingerprint density at radius 3 is 2.30 bits per heavy atom. The van der Waals surface area contributed by atoms with E-state index >= 15 is 0 Å². The van der Waals surface area contributed by atoms with Crippen molar-refractivity contribution in [3.8, 4) is 0 Å². The lowest BCUT2D eigenvalue weighted by molar-refractivity contribution is 0.0980. The van der Waals surface area contributed by atoms with Crippen LogP contribution in [0.25, 0.3) is 0 Å². The predicted octanol–water partition coefficient (Wildman–Crippen LogP) is 5.99. The van der Waals surface area contributed by atoms with Crippen molar-refractivity contribution in [1.82, 2.24) is 4.90 Å². The highest BCUT2D eigenvalue weighted by Gasteiger charge is 2.54. The topological polar surface area (TPSA) is 3.24 Å². The molecule has 2 saturated carbocycles. The first-order chi connectivity index (χ1) is 10.8. The van der Waals surface area contributed by atoms with Crippen molar-refractivity contribution >= 4 is 0 Å². The Hall–Kier alpha value is -0.820. The molecular formula is C22H37N. The quantitative estimate of drug-likeness (QED) is 0.521. The van der Waals surface area contributed by atoms with Crippen LogP contribution in [0.15, 0.2) is 36.0 Å². The molecule has 130 valence electrons. The standard InChI is InChI=1S/C22H37N/c1-8-11-18(9-2)20(10-3)22(16-23(7)19-12-13-19)15-17(4)14-21(22,5)6/h8,10-11,17,19H,3,9,12-16H2,1-2,4-7H3/b11-8+,20-18+. The summed E-state index contributed by atoms with van der Waals surface area (Å²) in [5.74, 6) is 0.788. The Labute approximate surface area is 144 Å². The Balaban J connectivity index is 2.53. The fraction of sp³-hybridized carbons (Fsp3) is 0.727. The number of allylic oxidation sites excluding steroid dienone is 4. The van der Waals surface area contributed by atoms with Gasteiger partial charge in [0.15, 0.2) is 0 Å².